The molecule has 0 aliphatic carbocycles. The van der Waals surface area contributed by atoms with Crippen LogP contribution in [0.1, 0.15) is 12.8 Å². The molecule has 1 saturated heterocycles. The second-order valence-electron chi connectivity index (χ2n) is 4.79. The highest BCUT2D eigenvalue weighted by Gasteiger charge is 2.27. The van der Waals surface area contributed by atoms with Crippen LogP contribution in [-0.2, 0) is 14.8 Å². The van der Waals surface area contributed by atoms with E-state index < -0.39 is 26.5 Å². The van der Waals surface area contributed by atoms with Crippen molar-refractivity contribution < 1.29 is 22.5 Å². The van der Waals surface area contributed by atoms with Crippen molar-refractivity contribution in [2.24, 2.45) is 0 Å². The van der Waals surface area contributed by atoms with Crippen LogP contribution in [0.4, 0.5) is 10.1 Å². The van der Waals surface area contributed by atoms with Gasteiger partial charge < -0.3 is 4.74 Å². The molecule has 0 N–H and O–H groups in total. The lowest BCUT2D eigenvalue weighted by Gasteiger charge is -2.20. The average Bonchev–Trinajstić information content (AvgIpc) is 2.90. The Bertz CT molecular complexity index is 643. The highest BCUT2D eigenvalue weighted by Crippen LogP contribution is 2.23. The summed E-state index contributed by atoms with van der Waals surface area (Å²) in [5.41, 5.74) is -0.754. The van der Waals surface area contributed by atoms with Crippen molar-refractivity contribution in [3.05, 3.63) is 34.1 Å². The predicted molar refractivity (Wildman–Crippen MR) is 71.8 cm³/mol. The summed E-state index contributed by atoms with van der Waals surface area (Å²) in [6.45, 7) is 0.769. The topological polar surface area (TPSA) is 89.8 Å². The SMILES string of the molecule is CN(CC1CCCO1)S(=O)(=O)c1ccc([N+](=O)[O-])c(F)c1. The first-order valence-electron chi connectivity index (χ1n) is 6.34. The van der Waals surface area contributed by atoms with Crippen LogP contribution in [0.25, 0.3) is 0 Å². The fraction of sp³-hybridized carbons (Fsp3) is 0.500. The predicted octanol–water partition coefficient (Wildman–Crippen LogP) is 1.53. The molecule has 21 heavy (non-hydrogen) atoms. The second kappa shape index (κ2) is 6.04. The van der Waals surface area contributed by atoms with Gasteiger partial charge in [0.15, 0.2) is 0 Å². The van der Waals surface area contributed by atoms with Crippen LogP contribution < -0.4 is 0 Å². The average molecular weight is 318 g/mol. The lowest BCUT2D eigenvalue weighted by molar-refractivity contribution is -0.387. The Labute approximate surface area is 121 Å². The Morgan fingerprint density at radius 1 is 1.52 bits per heavy atom. The van der Waals surface area contributed by atoms with Crippen LogP contribution in [0.5, 0.6) is 0 Å². The molecule has 1 aliphatic rings. The molecule has 1 atom stereocenters. The molecule has 1 unspecified atom stereocenters. The van der Waals surface area contributed by atoms with Crippen LogP contribution in [-0.4, -0.2) is 43.9 Å². The van der Waals surface area contributed by atoms with Crippen molar-refractivity contribution in [3.63, 3.8) is 0 Å². The molecule has 116 valence electrons. The Balaban J connectivity index is 2.22. The second-order valence-corrected chi connectivity index (χ2v) is 6.84. The van der Waals surface area contributed by atoms with E-state index in [9.17, 15) is 22.9 Å². The third-order valence-electron chi connectivity index (χ3n) is 3.31. The monoisotopic (exact) mass is 318 g/mol. The van der Waals surface area contributed by atoms with Crippen molar-refractivity contribution in [1.29, 1.82) is 0 Å². The first-order chi connectivity index (χ1) is 9.82. The summed E-state index contributed by atoms with van der Waals surface area (Å²) >= 11 is 0. The van der Waals surface area contributed by atoms with E-state index in [1.807, 2.05) is 0 Å². The molecular formula is C12H15FN2O5S. The Morgan fingerprint density at radius 2 is 2.24 bits per heavy atom. The van der Waals surface area contributed by atoms with Gasteiger partial charge in [-0.2, -0.15) is 8.70 Å². The number of hydrogen-bond donors (Lipinski definition) is 0. The summed E-state index contributed by atoms with van der Waals surface area (Å²) in [5.74, 6) is -1.17. The molecule has 7 nitrogen and oxygen atoms in total. The highest BCUT2D eigenvalue weighted by molar-refractivity contribution is 7.89. The maximum atomic E-state index is 13.6. The lowest BCUT2D eigenvalue weighted by atomic mass is 10.2. The number of nitro groups is 1. The van der Waals surface area contributed by atoms with E-state index in [1.54, 1.807) is 0 Å². The smallest absolute Gasteiger partial charge is 0.304 e. The molecule has 1 aliphatic heterocycles. The zero-order chi connectivity index (χ0) is 15.6. The molecule has 1 fully saturated rings. The zero-order valence-corrected chi connectivity index (χ0v) is 12.2. The van der Waals surface area contributed by atoms with Gasteiger partial charge in [-0.3, -0.25) is 10.1 Å². The summed E-state index contributed by atoms with van der Waals surface area (Å²) in [4.78, 5) is 9.32. The number of sulfonamides is 1. The van der Waals surface area contributed by atoms with Crippen molar-refractivity contribution in [1.82, 2.24) is 4.31 Å². The van der Waals surface area contributed by atoms with Gasteiger partial charge in [0.2, 0.25) is 15.8 Å². The zero-order valence-electron chi connectivity index (χ0n) is 11.4. The van der Waals surface area contributed by atoms with Gasteiger partial charge in [-0.1, -0.05) is 0 Å². The molecule has 0 radical (unpaired) electrons. The number of nitrogens with zero attached hydrogens (tertiary/aromatic N) is 2. The normalized spacial score (nSPS) is 19.1. The molecular weight excluding hydrogens is 303 g/mol. The Kier molecular flexibility index (Phi) is 4.55. The van der Waals surface area contributed by atoms with Gasteiger partial charge in [0, 0.05) is 32.3 Å². The fourth-order valence-electron chi connectivity index (χ4n) is 2.15. The molecule has 0 amide bonds. The molecule has 0 aromatic heterocycles. The number of likely N-dealkylation sites (N-methyl/N-ethyl adjacent to an activating group) is 1. The number of ether oxygens (including phenoxy) is 1. The lowest BCUT2D eigenvalue weighted by Crippen LogP contribution is -2.34. The van der Waals surface area contributed by atoms with Crippen LogP contribution in [0.3, 0.4) is 0 Å². The van der Waals surface area contributed by atoms with Crippen molar-refractivity contribution in [2.45, 2.75) is 23.8 Å². The van der Waals surface area contributed by atoms with Crippen LogP contribution in [0.15, 0.2) is 23.1 Å². The minimum absolute atomic E-state index is 0.168. The van der Waals surface area contributed by atoms with E-state index in [2.05, 4.69) is 0 Å². The maximum Gasteiger partial charge on any atom is 0.304 e. The molecule has 0 saturated carbocycles. The number of rotatable bonds is 5. The molecule has 0 spiro atoms. The molecule has 1 aromatic rings. The van der Waals surface area contributed by atoms with E-state index in [0.29, 0.717) is 12.7 Å². The van der Waals surface area contributed by atoms with Crippen LogP contribution >= 0.6 is 0 Å². The Morgan fingerprint density at radius 3 is 2.76 bits per heavy atom. The standard InChI is InChI=1S/C12H15FN2O5S/c1-14(8-9-3-2-6-20-9)21(18,19)10-4-5-12(15(16)17)11(13)7-10/h4-5,7,9H,2-3,6,8H2,1H3. The number of halogens is 1. The first-order valence-corrected chi connectivity index (χ1v) is 7.78. The number of nitro benzene ring substituents is 1. The fourth-order valence-corrected chi connectivity index (χ4v) is 3.36. The maximum absolute atomic E-state index is 13.6. The molecule has 2 rings (SSSR count). The molecule has 1 aromatic carbocycles. The van der Waals surface area contributed by atoms with Crippen molar-refractivity contribution in [3.8, 4) is 0 Å². The number of hydrogen-bond acceptors (Lipinski definition) is 5. The molecule has 0 bridgehead atoms. The summed E-state index contributed by atoms with van der Waals surface area (Å²) in [5, 5.41) is 10.5. The van der Waals surface area contributed by atoms with Crippen molar-refractivity contribution in [2.75, 3.05) is 20.2 Å². The van der Waals surface area contributed by atoms with Gasteiger partial charge in [-0.25, -0.2) is 8.42 Å². The molecule has 9 heteroatoms. The van der Waals surface area contributed by atoms with E-state index in [4.69, 9.17) is 4.74 Å². The minimum atomic E-state index is -3.90. The van der Waals surface area contributed by atoms with Gasteiger partial charge >= 0.3 is 5.69 Å². The quantitative estimate of drug-likeness (QED) is 0.606. The third-order valence-corrected chi connectivity index (χ3v) is 5.13. The van der Waals surface area contributed by atoms with Gasteiger partial charge in [0.1, 0.15) is 0 Å². The minimum Gasteiger partial charge on any atom is -0.377 e. The largest absolute Gasteiger partial charge is 0.377 e. The van der Waals surface area contributed by atoms with Crippen LogP contribution in [0.2, 0.25) is 0 Å². The van der Waals surface area contributed by atoms with E-state index in [0.717, 1.165) is 29.3 Å². The molecule has 1 heterocycles. The third kappa shape index (κ3) is 3.36. The van der Waals surface area contributed by atoms with Gasteiger partial charge in [-0.15, -0.1) is 0 Å². The summed E-state index contributed by atoms with van der Waals surface area (Å²) in [6, 6.07) is 2.55. The van der Waals surface area contributed by atoms with Gasteiger partial charge in [0.05, 0.1) is 15.9 Å². The summed E-state index contributed by atoms with van der Waals surface area (Å²) < 4.78 is 44.6. The summed E-state index contributed by atoms with van der Waals surface area (Å²) in [6.07, 6.45) is 1.48. The van der Waals surface area contributed by atoms with Gasteiger partial charge in [0.25, 0.3) is 0 Å². The van der Waals surface area contributed by atoms with Gasteiger partial charge in [-0.05, 0) is 18.9 Å². The highest BCUT2D eigenvalue weighted by atomic mass is 32.2. The van der Waals surface area contributed by atoms with Crippen molar-refractivity contribution >= 4 is 15.7 Å². The summed E-state index contributed by atoms with van der Waals surface area (Å²) in [7, 11) is -2.53. The first kappa shape index (κ1) is 15.8. The van der Waals surface area contributed by atoms with E-state index in [1.165, 1.54) is 7.05 Å². The van der Waals surface area contributed by atoms with E-state index in [-0.39, 0.29) is 17.5 Å². The Hall–Kier alpha value is -1.58. The number of benzene rings is 1. The van der Waals surface area contributed by atoms with Crippen LogP contribution in [0, 0.1) is 15.9 Å². The van der Waals surface area contributed by atoms with E-state index >= 15 is 0 Å².